The van der Waals surface area contributed by atoms with Crippen LogP contribution in [0.4, 0.5) is 0 Å². The van der Waals surface area contributed by atoms with Gasteiger partial charge in [-0.2, -0.15) is 5.10 Å². The SMILES string of the molecule is Cc1ccccc1OCCn1c(C)c(/C=N/n2cnnc2)c2ccccc21. The van der Waals surface area contributed by atoms with Crippen molar-refractivity contribution in [1.29, 1.82) is 0 Å². The highest BCUT2D eigenvalue weighted by Crippen LogP contribution is 2.25. The minimum absolute atomic E-state index is 0.604. The average Bonchev–Trinajstić information content (AvgIpc) is 3.29. The first-order valence-electron chi connectivity index (χ1n) is 8.89. The van der Waals surface area contributed by atoms with Gasteiger partial charge in [0, 0.05) is 22.2 Å². The third-order valence-electron chi connectivity index (χ3n) is 4.67. The fourth-order valence-corrected chi connectivity index (χ4v) is 3.25. The lowest BCUT2D eigenvalue weighted by molar-refractivity contribution is 0.297. The van der Waals surface area contributed by atoms with E-state index in [0.717, 1.165) is 29.1 Å². The second-order valence-corrected chi connectivity index (χ2v) is 6.37. The fourth-order valence-electron chi connectivity index (χ4n) is 3.25. The van der Waals surface area contributed by atoms with Gasteiger partial charge in [-0.1, -0.05) is 36.4 Å². The Morgan fingerprint density at radius 3 is 2.56 bits per heavy atom. The van der Waals surface area contributed by atoms with Crippen LogP contribution in [0.2, 0.25) is 0 Å². The Morgan fingerprint density at radius 1 is 1.00 bits per heavy atom. The van der Waals surface area contributed by atoms with Crippen LogP contribution in [0.25, 0.3) is 10.9 Å². The predicted octanol–water partition coefficient (Wildman–Crippen LogP) is 3.81. The van der Waals surface area contributed by atoms with Crippen LogP contribution >= 0.6 is 0 Å². The first kappa shape index (κ1) is 17.0. The number of benzene rings is 2. The first-order chi connectivity index (χ1) is 13.2. The Labute approximate surface area is 157 Å². The summed E-state index contributed by atoms with van der Waals surface area (Å²) >= 11 is 0. The number of aromatic nitrogens is 4. The van der Waals surface area contributed by atoms with Gasteiger partial charge in [0.2, 0.25) is 0 Å². The third-order valence-corrected chi connectivity index (χ3v) is 4.67. The monoisotopic (exact) mass is 359 g/mol. The lowest BCUT2D eigenvalue weighted by Gasteiger charge is -2.12. The highest BCUT2D eigenvalue weighted by atomic mass is 16.5. The molecule has 0 amide bonds. The molecule has 0 aliphatic heterocycles. The van der Waals surface area contributed by atoms with Crippen molar-refractivity contribution >= 4 is 17.1 Å². The van der Waals surface area contributed by atoms with Gasteiger partial charge >= 0.3 is 0 Å². The van der Waals surface area contributed by atoms with Crippen molar-refractivity contribution in [2.45, 2.75) is 20.4 Å². The van der Waals surface area contributed by atoms with E-state index >= 15 is 0 Å². The van der Waals surface area contributed by atoms with Crippen molar-refractivity contribution < 1.29 is 4.74 Å². The van der Waals surface area contributed by atoms with Gasteiger partial charge in [-0.05, 0) is 31.5 Å². The molecule has 6 heteroatoms. The molecule has 4 rings (SSSR count). The van der Waals surface area contributed by atoms with Gasteiger partial charge in [0.25, 0.3) is 0 Å². The summed E-state index contributed by atoms with van der Waals surface area (Å²) in [5.41, 5.74) is 4.57. The molecule has 0 unspecified atom stereocenters. The zero-order chi connectivity index (χ0) is 18.6. The van der Waals surface area contributed by atoms with Crippen molar-refractivity contribution in [2.24, 2.45) is 5.10 Å². The molecule has 0 saturated heterocycles. The van der Waals surface area contributed by atoms with Crippen molar-refractivity contribution in [3.8, 4) is 5.75 Å². The molecule has 0 N–H and O–H groups in total. The van der Waals surface area contributed by atoms with Gasteiger partial charge in [-0.25, -0.2) is 4.68 Å². The number of hydrogen-bond donors (Lipinski definition) is 0. The zero-order valence-corrected chi connectivity index (χ0v) is 15.4. The summed E-state index contributed by atoms with van der Waals surface area (Å²) in [5.74, 6) is 0.931. The van der Waals surface area contributed by atoms with Crippen LogP contribution in [0.1, 0.15) is 16.8 Å². The summed E-state index contributed by atoms with van der Waals surface area (Å²) in [6.07, 6.45) is 5.00. The molecule has 2 heterocycles. The van der Waals surface area contributed by atoms with Crippen molar-refractivity contribution in [1.82, 2.24) is 19.4 Å². The average molecular weight is 359 g/mol. The molecule has 6 nitrogen and oxygen atoms in total. The van der Waals surface area contributed by atoms with E-state index < -0.39 is 0 Å². The standard InChI is InChI=1S/C21H21N5O/c1-16-7-3-6-10-21(16)27-12-11-26-17(2)19(13-24-25-14-22-23-15-25)18-8-4-5-9-20(18)26/h3-10,13-15H,11-12H2,1-2H3/b24-13+. The summed E-state index contributed by atoms with van der Waals surface area (Å²) in [7, 11) is 0. The fraction of sp³-hybridized carbons (Fsp3) is 0.190. The molecule has 0 fully saturated rings. The molecule has 0 aliphatic carbocycles. The van der Waals surface area contributed by atoms with Crippen molar-refractivity contribution in [3.63, 3.8) is 0 Å². The Balaban J connectivity index is 1.61. The van der Waals surface area contributed by atoms with Gasteiger partial charge < -0.3 is 9.30 Å². The molecule has 27 heavy (non-hydrogen) atoms. The van der Waals surface area contributed by atoms with Crippen LogP contribution in [0.5, 0.6) is 5.75 Å². The normalized spacial score (nSPS) is 11.5. The molecule has 2 aromatic heterocycles. The maximum absolute atomic E-state index is 6.00. The van der Waals surface area contributed by atoms with Gasteiger partial charge in [-0.3, -0.25) is 0 Å². The van der Waals surface area contributed by atoms with Gasteiger partial charge in [0.1, 0.15) is 25.0 Å². The zero-order valence-electron chi connectivity index (χ0n) is 15.4. The minimum Gasteiger partial charge on any atom is -0.491 e. The Kier molecular flexibility index (Phi) is 4.70. The number of hydrogen-bond acceptors (Lipinski definition) is 4. The number of rotatable bonds is 6. The van der Waals surface area contributed by atoms with E-state index in [1.165, 1.54) is 10.9 Å². The van der Waals surface area contributed by atoms with E-state index in [0.29, 0.717) is 6.61 Å². The molecule has 0 bridgehead atoms. The quantitative estimate of drug-likeness (QED) is 0.492. The molecule has 0 atom stereocenters. The van der Waals surface area contributed by atoms with Gasteiger partial charge in [0.15, 0.2) is 0 Å². The Hall–Kier alpha value is -3.41. The number of ether oxygens (including phenoxy) is 1. The van der Waals surface area contributed by atoms with E-state index in [2.05, 4.69) is 58.0 Å². The van der Waals surface area contributed by atoms with Gasteiger partial charge in [-0.15, -0.1) is 10.2 Å². The predicted molar refractivity (Wildman–Crippen MR) is 106 cm³/mol. The largest absolute Gasteiger partial charge is 0.491 e. The van der Waals surface area contributed by atoms with E-state index in [1.807, 2.05) is 30.5 Å². The van der Waals surface area contributed by atoms with Crippen molar-refractivity contribution in [3.05, 3.63) is 78.0 Å². The van der Waals surface area contributed by atoms with Crippen LogP contribution in [-0.2, 0) is 6.54 Å². The smallest absolute Gasteiger partial charge is 0.141 e. The Morgan fingerprint density at radius 2 is 1.74 bits per heavy atom. The number of fused-ring (bicyclic) bond motifs is 1. The molecule has 2 aromatic carbocycles. The van der Waals surface area contributed by atoms with Crippen LogP contribution in [-0.4, -0.2) is 32.3 Å². The van der Waals surface area contributed by atoms with Crippen molar-refractivity contribution in [2.75, 3.05) is 6.61 Å². The number of aryl methyl sites for hydroxylation is 1. The van der Waals surface area contributed by atoms with Crippen LogP contribution in [0, 0.1) is 13.8 Å². The second kappa shape index (κ2) is 7.45. The summed E-state index contributed by atoms with van der Waals surface area (Å²) in [5, 5.41) is 13.1. The van der Waals surface area contributed by atoms with Crippen LogP contribution < -0.4 is 4.74 Å². The molecule has 0 aliphatic rings. The van der Waals surface area contributed by atoms with E-state index in [1.54, 1.807) is 17.3 Å². The number of para-hydroxylation sites is 2. The van der Waals surface area contributed by atoms with Crippen LogP contribution in [0.15, 0.2) is 66.3 Å². The minimum atomic E-state index is 0.604. The lowest BCUT2D eigenvalue weighted by Crippen LogP contribution is -2.10. The summed E-state index contributed by atoms with van der Waals surface area (Å²) in [4.78, 5) is 0. The molecule has 4 aromatic rings. The van der Waals surface area contributed by atoms with E-state index in [9.17, 15) is 0 Å². The van der Waals surface area contributed by atoms with Crippen LogP contribution in [0.3, 0.4) is 0 Å². The first-order valence-corrected chi connectivity index (χ1v) is 8.89. The molecule has 0 spiro atoms. The van der Waals surface area contributed by atoms with E-state index in [-0.39, 0.29) is 0 Å². The molecular weight excluding hydrogens is 338 g/mol. The summed E-state index contributed by atoms with van der Waals surface area (Å²) in [6.45, 7) is 5.54. The summed E-state index contributed by atoms with van der Waals surface area (Å²) in [6, 6.07) is 16.4. The summed E-state index contributed by atoms with van der Waals surface area (Å²) < 4.78 is 9.87. The maximum Gasteiger partial charge on any atom is 0.141 e. The third kappa shape index (κ3) is 3.46. The highest BCUT2D eigenvalue weighted by Gasteiger charge is 2.12. The molecule has 0 saturated carbocycles. The topological polar surface area (TPSA) is 57.2 Å². The van der Waals surface area contributed by atoms with Gasteiger partial charge in [0.05, 0.1) is 12.8 Å². The highest BCUT2D eigenvalue weighted by molar-refractivity contribution is 6.01. The second-order valence-electron chi connectivity index (χ2n) is 6.37. The Bertz CT molecular complexity index is 1080. The molecular formula is C21H21N5O. The number of nitrogens with zero attached hydrogens (tertiary/aromatic N) is 5. The van der Waals surface area contributed by atoms with E-state index in [4.69, 9.17) is 4.74 Å². The lowest BCUT2D eigenvalue weighted by atomic mass is 10.1. The maximum atomic E-state index is 6.00. The molecule has 0 radical (unpaired) electrons. The molecule has 136 valence electrons.